The van der Waals surface area contributed by atoms with Crippen molar-refractivity contribution in [3.63, 3.8) is 0 Å². The molecule has 0 bridgehead atoms. The van der Waals surface area contributed by atoms with Crippen molar-refractivity contribution >= 4 is 28.3 Å². The van der Waals surface area contributed by atoms with Crippen molar-refractivity contribution in [1.29, 1.82) is 0 Å². The van der Waals surface area contributed by atoms with E-state index < -0.39 is 0 Å². The van der Waals surface area contributed by atoms with Crippen LogP contribution in [0.5, 0.6) is 5.75 Å². The summed E-state index contributed by atoms with van der Waals surface area (Å²) in [5, 5.41) is 13.7. The van der Waals surface area contributed by atoms with Crippen LogP contribution in [0.25, 0.3) is 10.9 Å². The summed E-state index contributed by atoms with van der Waals surface area (Å²) in [6, 6.07) is 8.77. The first-order chi connectivity index (χ1) is 9.24. The van der Waals surface area contributed by atoms with E-state index in [1.165, 1.54) is 0 Å². The number of hydrogen-bond donors (Lipinski definition) is 2. The number of para-hydroxylation sites is 1. The van der Waals surface area contributed by atoms with Gasteiger partial charge in [-0.05, 0) is 35.9 Å². The van der Waals surface area contributed by atoms with Crippen molar-refractivity contribution in [2.75, 3.05) is 5.32 Å². The molecule has 0 unspecified atom stereocenters. The van der Waals surface area contributed by atoms with Gasteiger partial charge in [0.1, 0.15) is 22.8 Å². The summed E-state index contributed by atoms with van der Waals surface area (Å²) in [5.41, 5.74) is 0.421. The number of phenolic OH excluding ortho intramolecular Hbond substituents is 1. The quantitative estimate of drug-likeness (QED) is 0.718. The number of phenols is 1. The lowest BCUT2D eigenvalue weighted by atomic mass is 10.2. The number of nitrogens with one attached hydrogen (secondary N) is 1. The van der Waals surface area contributed by atoms with Crippen molar-refractivity contribution < 1.29 is 9.52 Å². The molecule has 0 aliphatic carbocycles. The SMILES string of the molecule is Oc1cccc2c(NCc3ccco3)nc(Cl)nc12. The van der Waals surface area contributed by atoms with Crippen molar-refractivity contribution in [3.8, 4) is 5.75 Å². The Kier molecular flexibility index (Phi) is 2.97. The fraction of sp³-hybridized carbons (Fsp3) is 0.0769. The maximum absolute atomic E-state index is 9.78. The number of aromatic nitrogens is 2. The summed E-state index contributed by atoms with van der Waals surface area (Å²) in [7, 11) is 0. The van der Waals surface area contributed by atoms with Gasteiger partial charge in [-0.2, -0.15) is 0 Å². The molecule has 0 saturated heterocycles. The number of hydrogen-bond acceptors (Lipinski definition) is 5. The highest BCUT2D eigenvalue weighted by molar-refractivity contribution is 6.28. The normalized spacial score (nSPS) is 10.8. The number of fused-ring (bicyclic) bond motifs is 1. The van der Waals surface area contributed by atoms with Crippen LogP contribution in [0.3, 0.4) is 0 Å². The number of aromatic hydroxyl groups is 1. The molecule has 6 heteroatoms. The van der Waals surface area contributed by atoms with E-state index in [1.54, 1.807) is 18.4 Å². The van der Waals surface area contributed by atoms with Gasteiger partial charge in [0.2, 0.25) is 5.28 Å². The Bertz CT molecular complexity index is 713. The topological polar surface area (TPSA) is 71.2 Å². The lowest BCUT2D eigenvalue weighted by molar-refractivity contribution is 0.480. The minimum absolute atomic E-state index is 0.0721. The minimum atomic E-state index is 0.0721. The van der Waals surface area contributed by atoms with Gasteiger partial charge in [-0.15, -0.1) is 0 Å². The van der Waals surface area contributed by atoms with Gasteiger partial charge in [0.25, 0.3) is 0 Å². The molecule has 96 valence electrons. The van der Waals surface area contributed by atoms with Gasteiger partial charge >= 0.3 is 0 Å². The third-order valence-electron chi connectivity index (χ3n) is 2.69. The summed E-state index contributed by atoms with van der Waals surface area (Å²) >= 11 is 5.86. The lowest BCUT2D eigenvalue weighted by Crippen LogP contribution is -2.02. The first kappa shape index (κ1) is 11.8. The zero-order valence-electron chi connectivity index (χ0n) is 9.80. The Morgan fingerprint density at radius 3 is 2.89 bits per heavy atom. The maximum Gasteiger partial charge on any atom is 0.225 e. The van der Waals surface area contributed by atoms with E-state index >= 15 is 0 Å². The molecule has 0 radical (unpaired) electrons. The van der Waals surface area contributed by atoms with Crippen LogP contribution in [0.15, 0.2) is 41.0 Å². The van der Waals surface area contributed by atoms with Gasteiger partial charge in [-0.25, -0.2) is 9.97 Å². The summed E-state index contributed by atoms with van der Waals surface area (Å²) in [4.78, 5) is 8.15. The Morgan fingerprint density at radius 1 is 1.21 bits per heavy atom. The number of furan rings is 1. The molecule has 5 nitrogen and oxygen atoms in total. The molecular weight excluding hydrogens is 266 g/mol. The molecule has 1 aromatic carbocycles. The molecule has 0 aliphatic heterocycles. The number of halogens is 1. The zero-order valence-corrected chi connectivity index (χ0v) is 10.6. The number of rotatable bonds is 3. The first-order valence-corrected chi connectivity index (χ1v) is 6.03. The van der Waals surface area contributed by atoms with E-state index in [-0.39, 0.29) is 11.0 Å². The van der Waals surface area contributed by atoms with Crippen molar-refractivity contribution in [1.82, 2.24) is 9.97 Å². The summed E-state index contributed by atoms with van der Waals surface area (Å²) < 4.78 is 5.23. The van der Waals surface area contributed by atoms with E-state index in [2.05, 4.69) is 15.3 Å². The number of benzene rings is 1. The van der Waals surface area contributed by atoms with Gasteiger partial charge in [0.05, 0.1) is 12.8 Å². The molecule has 0 fully saturated rings. The molecule has 0 atom stereocenters. The van der Waals surface area contributed by atoms with Crippen LogP contribution >= 0.6 is 11.6 Å². The lowest BCUT2D eigenvalue weighted by Gasteiger charge is -2.08. The number of nitrogens with zero attached hydrogens (tertiary/aromatic N) is 2. The smallest absolute Gasteiger partial charge is 0.225 e. The molecule has 0 aliphatic rings. The largest absolute Gasteiger partial charge is 0.506 e. The Morgan fingerprint density at radius 2 is 2.11 bits per heavy atom. The van der Waals surface area contributed by atoms with Crippen LogP contribution in [0.4, 0.5) is 5.82 Å². The molecular formula is C13H10ClN3O2. The van der Waals surface area contributed by atoms with E-state index in [4.69, 9.17) is 16.0 Å². The Hall–Kier alpha value is -2.27. The van der Waals surface area contributed by atoms with E-state index in [9.17, 15) is 5.11 Å². The maximum atomic E-state index is 9.78. The van der Waals surface area contributed by atoms with Crippen molar-refractivity contribution in [2.24, 2.45) is 0 Å². The van der Waals surface area contributed by atoms with E-state index in [1.807, 2.05) is 18.2 Å². The van der Waals surface area contributed by atoms with Crippen molar-refractivity contribution in [3.05, 3.63) is 47.6 Å². The molecule has 0 saturated carbocycles. The second-order valence-electron chi connectivity index (χ2n) is 3.95. The van der Waals surface area contributed by atoms with Crippen LogP contribution in [0, 0.1) is 0 Å². The monoisotopic (exact) mass is 275 g/mol. The van der Waals surface area contributed by atoms with Gasteiger partial charge < -0.3 is 14.8 Å². The second kappa shape index (κ2) is 4.78. The molecule has 0 amide bonds. The van der Waals surface area contributed by atoms with Gasteiger partial charge in [-0.3, -0.25) is 0 Å². The predicted molar refractivity (Wildman–Crippen MR) is 72.2 cm³/mol. The standard InChI is InChI=1S/C13H10ClN3O2/c14-13-16-11-9(4-1-5-10(11)18)12(17-13)15-7-8-3-2-6-19-8/h1-6,18H,7H2,(H,15,16,17). The highest BCUT2D eigenvalue weighted by atomic mass is 35.5. The third kappa shape index (κ3) is 2.32. The highest BCUT2D eigenvalue weighted by Gasteiger charge is 2.09. The second-order valence-corrected chi connectivity index (χ2v) is 4.29. The molecule has 19 heavy (non-hydrogen) atoms. The summed E-state index contributed by atoms with van der Waals surface area (Å²) in [6.45, 7) is 0.477. The highest BCUT2D eigenvalue weighted by Crippen LogP contribution is 2.28. The van der Waals surface area contributed by atoms with Crippen LogP contribution in [-0.4, -0.2) is 15.1 Å². The average Bonchev–Trinajstić information content (AvgIpc) is 2.90. The third-order valence-corrected chi connectivity index (χ3v) is 2.86. The average molecular weight is 276 g/mol. The van der Waals surface area contributed by atoms with Crippen LogP contribution < -0.4 is 5.32 Å². The first-order valence-electron chi connectivity index (χ1n) is 5.65. The molecule has 2 aromatic heterocycles. The molecule has 2 N–H and O–H groups in total. The van der Waals surface area contributed by atoms with Crippen LogP contribution in [0.1, 0.15) is 5.76 Å². The summed E-state index contributed by atoms with van der Waals surface area (Å²) in [6.07, 6.45) is 1.61. The summed E-state index contributed by atoms with van der Waals surface area (Å²) in [5.74, 6) is 1.41. The molecule has 0 spiro atoms. The Balaban J connectivity index is 2.00. The van der Waals surface area contributed by atoms with E-state index in [0.29, 0.717) is 23.3 Å². The number of anilines is 1. The van der Waals surface area contributed by atoms with Crippen molar-refractivity contribution in [2.45, 2.75) is 6.54 Å². The molecule has 3 aromatic rings. The van der Waals surface area contributed by atoms with Crippen LogP contribution in [-0.2, 0) is 6.54 Å². The van der Waals surface area contributed by atoms with Gasteiger partial charge in [0, 0.05) is 5.39 Å². The van der Waals surface area contributed by atoms with Gasteiger partial charge in [-0.1, -0.05) is 6.07 Å². The fourth-order valence-electron chi connectivity index (χ4n) is 1.83. The Labute approximate surface area is 113 Å². The molecule has 2 heterocycles. The fourth-order valence-corrected chi connectivity index (χ4v) is 2.00. The minimum Gasteiger partial charge on any atom is -0.506 e. The van der Waals surface area contributed by atoms with Crippen LogP contribution in [0.2, 0.25) is 5.28 Å². The molecule has 3 rings (SSSR count). The van der Waals surface area contributed by atoms with Gasteiger partial charge in [0.15, 0.2) is 0 Å². The van der Waals surface area contributed by atoms with E-state index in [0.717, 1.165) is 5.76 Å². The zero-order chi connectivity index (χ0) is 13.2. The predicted octanol–water partition coefficient (Wildman–Crippen LogP) is 3.19.